The molecule has 0 fully saturated rings. The molecule has 1 unspecified atom stereocenters. The number of carboxylic acid groups (broad SMARTS) is 1. The lowest BCUT2D eigenvalue weighted by atomic mass is 10.1. The highest BCUT2D eigenvalue weighted by molar-refractivity contribution is 6.29. The summed E-state index contributed by atoms with van der Waals surface area (Å²) in [7, 11) is 0. The van der Waals surface area contributed by atoms with Crippen molar-refractivity contribution in [3.05, 3.63) is 28.5 Å². The first kappa shape index (κ1) is 16.4. The molecule has 0 aliphatic rings. The van der Waals surface area contributed by atoms with Crippen molar-refractivity contribution < 1.29 is 14.7 Å². The highest BCUT2D eigenvalue weighted by Gasteiger charge is 2.11. The monoisotopic (exact) mass is 298 g/mol. The lowest BCUT2D eigenvalue weighted by Crippen LogP contribution is -2.25. The number of aromatic nitrogens is 1. The van der Waals surface area contributed by atoms with Gasteiger partial charge in [0.25, 0.3) is 5.91 Å². The topological polar surface area (TPSA) is 79.3 Å². The first-order valence-electron chi connectivity index (χ1n) is 6.61. The number of carbonyl (C=O) groups excluding carboxylic acids is 1. The molecular weight excluding hydrogens is 280 g/mol. The average Bonchev–Trinajstić information content (AvgIpc) is 2.42. The Morgan fingerprint density at radius 2 is 2.15 bits per heavy atom. The van der Waals surface area contributed by atoms with Crippen molar-refractivity contribution in [2.45, 2.75) is 33.1 Å². The van der Waals surface area contributed by atoms with Crippen molar-refractivity contribution in [2.75, 3.05) is 6.54 Å². The van der Waals surface area contributed by atoms with Gasteiger partial charge in [0.1, 0.15) is 5.15 Å². The lowest BCUT2D eigenvalue weighted by Gasteiger charge is -2.08. The molecular formula is C14H19ClN2O3. The van der Waals surface area contributed by atoms with Crippen molar-refractivity contribution in [2.24, 2.45) is 5.92 Å². The number of pyridine rings is 1. The fraction of sp³-hybridized carbons (Fsp3) is 0.500. The van der Waals surface area contributed by atoms with Crippen molar-refractivity contribution in [3.8, 4) is 0 Å². The summed E-state index contributed by atoms with van der Waals surface area (Å²) in [5, 5.41) is 11.8. The van der Waals surface area contributed by atoms with Gasteiger partial charge in [-0.3, -0.25) is 9.59 Å². The van der Waals surface area contributed by atoms with Crippen molar-refractivity contribution in [3.63, 3.8) is 0 Å². The summed E-state index contributed by atoms with van der Waals surface area (Å²) < 4.78 is 0. The zero-order valence-electron chi connectivity index (χ0n) is 11.6. The van der Waals surface area contributed by atoms with Gasteiger partial charge in [0.2, 0.25) is 0 Å². The Labute approximate surface area is 123 Å². The van der Waals surface area contributed by atoms with Crippen LogP contribution >= 0.6 is 11.6 Å². The van der Waals surface area contributed by atoms with E-state index >= 15 is 0 Å². The van der Waals surface area contributed by atoms with E-state index in [0.29, 0.717) is 36.5 Å². The molecule has 0 bridgehead atoms. The normalized spacial score (nSPS) is 11.9. The number of halogens is 1. The largest absolute Gasteiger partial charge is 0.481 e. The molecule has 1 atom stereocenters. The molecule has 6 heteroatoms. The minimum Gasteiger partial charge on any atom is -0.481 e. The van der Waals surface area contributed by atoms with E-state index in [1.54, 1.807) is 13.0 Å². The van der Waals surface area contributed by atoms with Gasteiger partial charge in [-0.1, -0.05) is 25.4 Å². The zero-order chi connectivity index (χ0) is 15.1. The van der Waals surface area contributed by atoms with Gasteiger partial charge in [0, 0.05) is 17.8 Å². The third-order valence-electron chi connectivity index (χ3n) is 2.99. The van der Waals surface area contributed by atoms with Crippen LogP contribution in [0.15, 0.2) is 12.1 Å². The van der Waals surface area contributed by atoms with E-state index < -0.39 is 11.9 Å². The third-order valence-corrected chi connectivity index (χ3v) is 3.19. The van der Waals surface area contributed by atoms with Crippen molar-refractivity contribution in [1.29, 1.82) is 0 Å². The summed E-state index contributed by atoms with van der Waals surface area (Å²) >= 11 is 5.85. The fourth-order valence-electron chi connectivity index (χ4n) is 1.70. The van der Waals surface area contributed by atoms with Crippen LogP contribution < -0.4 is 5.32 Å². The molecule has 0 aromatic carbocycles. The predicted octanol–water partition coefficient (Wildman–Crippen LogP) is 2.53. The van der Waals surface area contributed by atoms with Gasteiger partial charge in [-0.2, -0.15) is 0 Å². The molecule has 1 amide bonds. The van der Waals surface area contributed by atoms with Gasteiger partial charge in [-0.05, 0) is 31.4 Å². The molecule has 110 valence electrons. The predicted molar refractivity (Wildman–Crippen MR) is 77.0 cm³/mol. The standard InChI is InChI=1S/C14H19ClN2O3/c1-3-11-7-10(8-12(15)17-11)13(18)16-6-4-5-9(2)14(19)20/h7-9H,3-6H2,1-2H3,(H,16,18)(H,19,20). The van der Waals surface area contributed by atoms with Gasteiger partial charge in [-0.15, -0.1) is 0 Å². The number of aliphatic carboxylic acids is 1. The first-order chi connectivity index (χ1) is 9.43. The Balaban J connectivity index is 2.47. The number of amides is 1. The van der Waals surface area contributed by atoms with Crippen LogP contribution in [0.3, 0.4) is 0 Å². The number of hydrogen-bond donors (Lipinski definition) is 2. The zero-order valence-corrected chi connectivity index (χ0v) is 12.4. The summed E-state index contributed by atoms with van der Waals surface area (Å²) in [6.07, 6.45) is 1.86. The van der Waals surface area contributed by atoms with E-state index in [4.69, 9.17) is 16.7 Å². The minimum atomic E-state index is -0.815. The lowest BCUT2D eigenvalue weighted by molar-refractivity contribution is -0.141. The minimum absolute atomic E-state index is 0.216. The Kier molecular flexibility index (Phi) is 6.45. The SMILES string of the molecule is CCc1cc(C(=O)NCCCC(C)C(=O)O)cc(Cl)n1. The quantitative estimate of drug-likeness (QED) is 0.599. The molecule has 0 aliphatic heterocycles. The van der Waals surface area contributed by atoms with Gasteiger partial charge in [0.05, 0.1) is 5.92 Å². The number of carboxylic acids is 1. The van der Waals surface area contributed by atoms with Crippen LogP contribution in [0.25, 0.3) is 0 Å². The van der Waals surface area contributed by atoms with Crippen LogP contribution in [0.4, 0.5) is 0 Å². The summed E-state index contributed by atoms with van der Waals surface area (Å²) in [6.45, 7) is 4.03. The number of nitrogens with one attached hydrogen (secondary N) is 1. The number of nitrogens with zero attached hydrogens (tertiary/aromatic N) is 1. The van der Waals surface area contributed by atoms with Crippen molar-refractivity contribution >= 4 is 23.5 Å². The second-order valence-corrected chi connectivity index (χ2v) is 5.05. The third kappa shape index (κ3) is 5.17. The first-order valence-corrected chi connectivity index (χ1v) is 6.99. The van der Waals surface area contributed by atoms with Crippen LogP contribution in [0.2, 0.25) is 5.15 Å². The van der Waals surface area contributed by atoms with Gasteiger partial charge < -0.3 is 10.4 Å². The fourth-order valence-corrected chi connectivity index (χ4v) is 1.93. The number of rotatable bonds is 7. The second kappa shape index (κ2) is 7.85. The second-order valence-electron chi connectivity index (χ2n) is 4.66. The van der Waals surface area contributed by atoms with Crippen LogP contribution in [-0.4, -0.2) is 28.5 Å². The molecule has 5 nitrogen and oxygen atoms in total. The maximum Gasteiger partial charge on any atom is 0.306 e. The average molecular weight is 299 g/mol. The molecule has 2 N–H and O–H groups in total. The van der Waals surface area contributed by atoms with Gasteiger partial charge >= 0.3 is 5.97 Å². The summed E-state index contributed by atoms with van der Waals surface area (Å²) in [5.74, 6) is -1.43. The van der Waals surface area contributed by atoms with Crippen molar-refractivity contribution in [1.82, 2.24) is 10.3 Å². The van der Waals surface area contributed by atoms with E-state index in [1.807, 2.05) is 6.92 Å². The Hall–Kier alpha value is -1.62. The highest BCUT2D eigenvalue weighted by Crippen LogP contribution is 2.11. The Morgan fingerprint density at radius 1 is 1.45 bits per heavy atom. The van der Waals surface area contributed by atoms with Crippen LogP contribution in [0, 0.1) is 5.92 Å². The summed E-state index contributed by atoms with van der Waals surface area (Å²) in [6, 6.07) is 3.23. The molecule has 0 spiro atoms. The van der Waals surface area contributed by atoms with E-state index in [2.05, 4.69) is 10.3 Å². The molecule has 20 heavy (non-hydrogen) atoms. The van der Waals surface area contributed by atoms with Crippen LogP contribution in [-0.2, 0) is 11.2 Å². The smallest absolute Gasteiger partial charge is 0.306 e. The van der Waals surface area contributed by atoms with E-state index in [-0.39, 0.29) is 5.91 Å². The van der Waals surface area contributed by atoms with Crippen LogP contribution in [0.1, 0.15) is 42.7 Å². The molecule has 1 aromatic rings. The summed E-state index contributed by atoms with van der Waals surface area (Å²) in [5.41, 5.74) is 1.25. The Bertz CT molecular complexity index is 491. The van der Waals surface area contributed by atoms with E-state index in [0.717, 1.165) is 5.69 Å². The maximum atomic E-state index is 11.9. The van der Waals surface area contributed by atoms with E-state index in [9.17, 15) is 9.59 Å². The maximum absolute atomic E-state index is 11.9. The molecule has 0 aliphatic carbocycles. The van der Waals surface area contributed by atoms with Gasteiger partial charge in [-0.25, -0.2) is 4.98 Å². The highest BCUT2D eigenvalue weighted by atomic mass is 35.5. The van der Waals surface area contributed by atoms with E-state index in [1.165, 1.54) is 6.07 Å². The number of carbonyl (C=O) groups is 2. The number of hydrogen-bond acceptors (Lipinski definition) is 3. The molecule has 0 saturated carbocycles. The molecule has 1 rings (SSSR count). The Morgan fingerprint density at radius 3 is 2.75 bits per heavy atom. The molecule has 1 heterocycles. The molecule has 1 aromatic heterocycles. The van der Waals surface area contributed by atoms with Gasteiger partial charge in [0.15, 0.2) is 0 Å². The molecule has 0 radical (unpaired) electrons. The van der Waals surface area contributed by atoms with Crippen LogP contribution in [0.5, 0.6) is 0 Å². The number of aryl methyl sites for hydroxylation is 1. The molecule has 0 saturated heterocycles. The summed E-state index contributed by atoms with van der Waals surface area (Å²) in [4.78, 5) is 26.7.